The summed E-state index contributed by atoms with van der Waals surface area (Å²) in [6.45, 7) is -2.78. The first-order chi connectivity index (χ1) is 8.99. The topological polar surface area (TPSA) is 77.1 Å². The molecule has 0 aliphatic rings. The van der Waals surface area contributed by atoms with Gasteiger partial charge in [-0.25, -0.2) is 9.78 Å². The van der Waals surface area contributed by atoms with Gasteiger partial charge in [-0.15, -0.1) is 0 Å². The summed E-state index contributed by atoms with van der Waals surface area (Å²) in [5.41, 5.74) is -1.06. The van der Waals surface area contributed by atoms with Gasteiger partial charge >= 0.3 is 12.5 Å². The van der Waals surface area contributed by atoms with Crippen LogP contribution in [0, 0.1) is 0 Å². The molecule has 0 saturated carbocycles. The van der Waals surface area contributed by atoms with Crippen molar-refractivity contribution in [2.45, 2.75) is 13.1 Å². The summed E-state index contributed by atoms with van der Waals surface area (Å²) in [5.74, 6) is -1.30. The highest BCUT2D eigenvalue weighted by Gasteiger charge is 2.13. The molecule has 0 saturated heterocycles. The average molecular weight is 269 g/mol. The molecule has 2 rings (SSSR count). The third kappa shape index (κ3) is 2.67. The third-order valence-corrected chi connectivity index (χ3v) is 2.49. The van der Waals surface area contributed by atoms with E-state index in [2.05, 4.69) is 4.98 Å². The molecule has 8 heteroatoms. The van der Waals surface area contributed by atoms with E-state index in [0.29, 0.717) is 4.57 Å². The van der Waals surface area contributed by atoms with E-state index in [4.69, 9.17) is 5.11 Å². The molecule has 6 nitrogen and oxygen atoms in total. The number of hydrogen-bond donors (Lipinski definition) is 1. The third-order valence-electron chi connectivity index (χ3n) is 2.49. The van der Waals surface area contributed by atoms with Gasteiger partial charge < -0.3 is 9.67 Å². The van der Waals surface area contributed by atoms with Crippen LogP contribution in [0.2, 0.25) is 0 Å². The molecule has 0 aromatic carbocycles. The lowest BCUT2D eigenvalue weighted by Crippen LogP contribution is -2.18. The number of aromatic carboxylic acids is 1. The lowest BCUT2D eigenvalue weighted by molar-refractivity contribution is 0.0662. The maximum atomic E-state index is 12.6. The lowest BCUT2D eigenvalue weighted by atomic mass is 10.3. The number of imidazole rings is 1. The number of nitrogens with zero attached hydrogens (tertiary/aromatic N) is 3. The van der Waals surface area contributed by atoms with Crippen LogP contribution in [0.1, 0.15) is 22.7 Å². The van der Waals surface area contributed by atoms with E-state index in [1.54, 1.807) is 0 Å². The lowest BCUT2D eigenvalue weighted by Gasteiger charge is -2.09. The molecular weight excluding hydrogens is 260 g/mol. The SMILES string of the molecule is O=C(O)c1cn(Cc2nccn2C(F)F)ccc1=O. The number of hydrogen-bond acceptors (Lipinski definition) is 3. The Morgan fingerprint density at radius 2 is 2.16 bits per heavy atom. The van der Waals surface area contributed by atoms with E-state index in [1.165, 1.54) is 17.0 Å². The summed E-state index contributed by atoms with van der Waals surface area (Å²) in [5, 5.41) is 8.80. The largest absolute Gasteiger partial charge is 0.477 e. The van der Waals surface area contributed by atoms with Gasteiger partial charge in [-0.05, 0) is 0 Å². The normalized spacial score (nSPS) is 10.9. The van der Waals surface area contributed by atoms with Gasteiger partial charge in [-0.3, -0.25) is 9.36 Å². The van der Waals surface area contributed by atoms with Crippen LogP contribution in [0.5, 0.6) is 0 Å². The monoisotopic (exact) mass is 269 g/mol. The highest BCUT2D eigenvalue weighted by Crippen LogP contribution is 2.13. The van der Waals surface area contributed by atoms with Gasteiger partial charge in [0, 0.05) is 30.9 Å². The molecule has 19 heavy (non-hydrogen) atoms. The molecule has 2 heterocycles. The van der Waals surface area contributed by atoms with Crippen LogP contribution in [0.25, 0.3) is 0 Å². The maximum absolute atomic E-state index is 12.6. The molecule has 100 valence electrons. The molecular formula is C11H9F2N3O3. The van der Waals surface area contributed by atoms with Crippen molar-refractivity contribution in [2.75, 3.05) is 0 Å². The van der Waals surface area contributed by atoms with Crippen molar-refractivity contribution in [2.24, 2.45) is 0 Å². The summed E-state index contributed by atoms with van der Waals surface area (Å²) < 4.78 is 27.2. The Hall–Kier alpha value is -2.51. The quantitative estimate of drug-likeness (QED) is 0.904. The number of alkyl halides is 2. The van der Waals surface area contributed by atoms with E-state index < -0.39 is 23.5 Å². The Balaban J connectivity index is 2.34. The number of aromatic nitrogens is 3. The number of carboxylic acids is 1. The highest BCUT2D eigenvalue weighted by atomic mass is 19.3. The van der Waals surface area contributed by atoms with Crippen molar-refractivity contribution in [3.8, 4) is 0 Å². The van der Waals surface area contributed by atoms with Crippen molar-refractivity contribution in [1.82, 2.24) is 14.1 Å². The first-order valence-electron chi connectivity index (χ1n) is 5.22. The summed E-state index contributed by atoms with van der Waals surface area (Å²) in [6.07, 6.45) is 4.76. The van der Waals surface area contributed by atoms with Gasteiger partial charge in [0.1, 0.15) is 11.4 Å². The zero-order chi connectivity index (χ0) is 14.0. The van der Waals surface area contributed by atoms with Crippen LogP contribution in [-0.4, -0.2) is 25.2 Å². The molecule has 2 aromatic heterocycles. The molecule has 2 aromatic rings. The zero-order valence-corrected chi connectivity index (χ0v) is 9.53. The number of rotatable bonds is 4. The molecule has 0 radical (unpaired) electrons. The Morgan fingerprint density at radius 1 is 1.42 bits per heavy atom. The second-order valence-corrected chi connectivity index (χ2v) is 3.73. The van der Waals surface area contributed by atoms with E-state index in [9.17, 15) is 18.4 Å². The van der Waals surface area contributed by atoms with Gasteiger partial charge in [0.25, 0.3) is 0 Å². The molecule has 0 spiro atoms. The van der Waals surface area contributed by atoms with Crippen molar-refractivity contribution in [3.63, 3.8) is 0 Å². The van der Waals surface area contributed by atoms with E-state index in [1.807, 2.05) is 0 Å². The van der Waals surface area contributed by atoms with E-state index in [-0.39, 0.29) is 12.4 Å². The molecule has 0 aliphatic carbocycles. The van der Waals surface area contributed by atoms with Crippen molar-refractivity contribution in [3.05, 3.63) is 52.5 Å². The molecule has 1 N–H and O–H groups in total. The summed E-state index contributed by atoms with van der Waals surface area (Å²) in [4.78, 5) is 25.8. The second-order valence-electron chi connectivity index (χ2n) is 3.73. The predicted molar refractivity (Wildman–Crippen MR) is 60.2 cm³/mol. The van der Waals surface area contributed by atoms with Crippen LogP contribution in [-0.2, 0) is 6.54 Å². The summed E-state index contributed by atoms with van der Waals surface area (Å²) >= 11 is 0. The van der Waals surface area contributed by atoms with Gasteiger partial charge in [0.05, 0.1) is 6.54 Å². The van der Waals surface area contributed by atoms with Crippen LogP contribution < -0.4 is 5.43 Å². The minimum absolute atomic E-state index is 0.0576. The number of carbonyl (C=O) groups is 1. The Kier molecular flexibility index (Phi) is 3.41. The predicted octanol–water partition coefficient (Wildman–Crippen LogP) is 1.19. The smallest absolute Gasteiger partial charge is 0.341 e. The number of carboxylic acid groups (broad SMARTS) is 1. The minimum Gasteiger partial charge on any atom is -0.477 e. The molecule has 0 amide bonds. The minimum atomic E-state index is -2.73. The van der Waals surface area contributed by atoms with Gasteiger partial charge in [0.15, 0.2) is 5.43 Å². The highest BCUT2D eigenvalue weighted by molar-refractivity contribution is 5.86. The Morgan fingerprint density at radius 3 is 2.79 bits per heavy atom. The van der Waals surface area contributed by atoms with Crippen LogP contribution in [0.4, 0.5) is 8.78 Å². The zero-order valence-electron chi connectivity index (χ0n) is 9.53. The van der Waals surface area contributed by atoms with Gasteiger partial charge in [-0.1, -0.05) is 0 Å². The molecule has 0 atom stereocenters. The van der Waals surface area contributed by atoms with Crippen LogP contribution in [0.15, 0.2) is 35.6 Å². The van der Waals surface area contributed by atoms with Crippen LogP contribution in [0.3, 0.4) is 0 Å². The van der Waals surface area contributed by atoms with E-state index in [0.717, 1.165) is 18.5 Å². The number of halogens is 2. The summed E-state index contributed by atoms with van der Waals surface area (Å²) in [7, 11) is 0. The first-order valence-corrected chi connectivity index (χ1v) is 5.22. The molecule has 0 aliphatic heterocycles. The van der Waals surface area contributed by atoms with Gasteiger partial charge in [-0.2, -0.15) is 8.78 Å². The van der Waals surface area contributed by atoms with Gasteiger partial charge in [0.2, 0.25) is 0 Å². The van der Waals surface area contributed by atoms with Crippen LogP contribution >= 0.6 is 0 Å². The van der Waals surface area contributed by atoms with Crippen molar-refractivity contribution < 1.29 is 18.7 Å². The standard InChI is InChI=1S/C11H9F2N3O3/c12-11(13)16-4-2-14-9(16)6-15-3-1-8(17)7(5-15)10(18)19/h1-5,11H,6H2,(H,18,19). The molecule has 0 unspecified atom stereocenters. The molecule has 0 bridgehead atoms. The fourth-order valence-corrected chi connectivity index (χ4v) is 1.59. The fraction of sp³-hybridized carbons (Fsp3) is 0.182. The number of pyridine rings is 1. The maximum Gasteiger partial charge on any atom is 0.341 e. The Labute approximate surface area is 105 Å². The second kappa shape index (κ2) is 5.01. The van der Waals surface area contributed by atoms with E-state index >= 15 is 0 Å². The molecule has 0 fully saturated rings. The van der Waals surface area contributed by atoms with Crippen molar-refractivity contribution >= 4 is 5.97 Å². The fourth-order valence-electron chi connectivity index (χ4n) is 1.59. The van der Waals surface area contributed by atoms with Crippen molar-refractivity contribution in [1.29, 1.82) is 0 Å². The average Bonchev–Trinajstić information content (AvgIpc) is 2.79. The summed E-state index contributed by atoms with van der Waals surface area (Å²) in [6, 6.07) is 1.07. The Bertz CT molecular complexity index is 663. The first kappa shape index (κ1) is 12.9.